The van der Waals surface area contributed by atoms with Gasteiger partial charge < -0.3 is 17.5 Å². The quantitative estimate of drug-likeness (QED) is 0.298. The summed E-state index contributed by atoms with van der Waals surface area (Å²) in [6.45, 7) is 0. The third kappa shape index (κ3) is 6.32. The Labute approximate surface area is 171 Å². The molecular weight excluding hydrogens is 358 g/mol. The standard InChI is InChI=1S/C10H8O8S2.2Na/c11-19(12,13)17-9-5-1-3-7-8(9)4-2-6-10(7)18-20(14,15)16;;/h1-6H,(H,11,12,13)(H,14,15,16);;/q;2*+1/p-2. The molecule has 108 valence electrons. The zero-order valence-electron chi connectivity index (χ0n) is 11.5. The Bertz CT molecular complexity index is 790. The van der Waals surface area contributed by atoms with Gasteiger partial charge in [-0.05, 0) is 12.1 Å². The van der Waals surface area contributed by atoms with E-state index in [1.165, 1.54) is 36.4 Å². The van der Waals surface area contributed by atoms with Crippen LogP contribution < -0.4 is 67.5 Å². The second kappa shape index (κ2) is 8.29. The molecule has 0 atom stereocenters. The zero-order chi connectivity index (χ0) is 15.0. The van der Waals surface area contributed by atoms with Gasteiger partial charge in [0.25, 0.3) is 20.8 Å². The molecule has 0 unspecified atom stereocenters. The van der Waals surface area contributed by atoms with Crippen molar-refractivity contribution < 1.29 is 93.4 Å². The Morgan fingerprint density at radius 1 is 0.682 bits per heavy atom. The second-order valence-corrected chi connectivity index (χ2v) is 5.56. The Morgan fingerprint density at radius 2 is 1.00 bits per heavy atom. The average Bonchev–Trinajstić information content (AvgIpc) is 2.26. The van der Waals surface area contributed by atoms with Crippen LogP contribution >= 0.6 is 0 Å². The number of hydrogen-bond donors (Lipinski definition) is 0. The first kappa shape index (κ1) is 22.1. The molecule has 0 heterocycles. The fraction of sp³-hybridized carbons (Fsp3) is 0. The number of hydrogen-bond acceptors (Lipinski definition) is 8. The van der Waals surface area contributed by atoms with Crippen molar-refractivity contribution in [3.63, 3.8) is 0 Å². The van der Waals surface area contributed by atoms with E-state index in [-0.39, 0.29) is 81.4 Å². The summed E-state index contributed by atoms with van der Waals surface area (Å²) in [4.78, 5) is 0. The van der Waals surface area contributed by atoms with Crippen LogP contribution in [0.1, 0.15) is 0 Å². The first-order valence-electron chi connectivity index (χ1n) is 4.98. The molecule has 0 amide bonds. The van der Waals surface area contributed by atoms with Crippen LogP contribution in [0, 0.1) is 0 Å². The van der Waals surface area contributed by atoms with Crippen LogP contribution in [0.25, 0.3) is 10.8 Å². The van der Waals surface area contributed by atoms with E-state index in [0.717, 1.165) is 0 Å². The predicted molar refractivity (Wildman–Crippen MR) is 64.6 cm³/mol. The summed E-state index contributed by atoms with van der Waals surface area (Å²) in [5.74, 6) is -0.600. The molecule has 22 heavy (non-hydrogen) atoms. The number of rotatable bonds is 4. The van der Waals surface area contributed by atoms with Gasteiger partial charge in [-0.1, -0.05) is 24.3 Å². The van der Waals surface area contributed by atoms with E-state index in [4.69, 9.17) is 0 Å². The van der Waals surface area contributed by atoms with Crippen molar-refractivity contribution >= 4 is 31.6 Å². The summed E-state index contributed by atoms with van der Waals surface area (Å²) in [7, 11) is -9.97. The molecule has 0 N–H and O–H groups in total. The molecule has 0 spiro atoms. The van der Waals surface area contributed by atoms with Gasteiger partial charge in [0.1, 0.15) is 11.5 Å². The Balaban J connectivity index is 0.00000220. The van der Waals surface area contributed by atoms with E-state index >= 15 is 0 Å². The van der Waals surface area contributed by atoms with Crippen LogP contribution in [-0.4, -0.2) is 25.9 Å². The van der Waals surface area contributed by atoms with Crippen molar-refractivity contribution in [2.24, 2.45) is 0 Å². The minimum atomic E-state index is -4.99. The Hall–Kier alpha value is 0.120. The van der Waals surface area contributed by atoms with Gasteiger partial charge in [0, 0.05) is 10.8 Å². The summed E-state index contributed by atoms with van der Waals surface area (Å²) in [5, 5.41) is 0.209. The maximum atomic E-state index is 10.6. The van der Waals surface area contributed by atoms with E-state index in [9.17, 15) is 25.9 Å². The van der Waals surface area contributed by atoms with Crippen LogP contribution in [0.5, 0.6) is 11.5 Å². The summed E-state index contributed by atoms with van der Waals surface area (Å²) in [6, 6.07) is 7.78. The minimum Gasteiger partial charge on any atom is -0.716 e. The summed E-state index contributed by atoms with van der Waals surface area (Å²) >= 11 is 0. The summed E-state index contributed by atoms with van der Waals surface area (Å²) in [6.07, 6.45) is 0. The summed E-state index contributed by atoms with van der Waals surface area (Å²) in [5.41, 5.74) is 0. The average molecular weight is 364 g/mol. The van der Waals surface area contributed by atoms with E-state index in [2.05, 4.69) is 8.37 Å². The van der Waals surface area contributed by atoms with Crippen LogP contribution in [-0.2, 0) is 20.8 Å². The van der Waals surface area contributed by atoms with E-state index in [1.54, 1.807) is 0 Å². The molecule has 0 saturated heterocycles. The first-order valence-corrected chi connectivity index (χ1v) is 7.65. The molecule has 2 aromatic carbocycles. The van der Waals surface area contributed by atoms with Crippen LogP contribution in [0.15, 0.2) is 36.4 Å². The van der Waals surface area contributed by atoms with Gasteiger partial charge >= 0.3 is 59.1 Å². The Kier molecular flexibility index (Phi) is 8.33. The van der Waals surface area contributed by atoms with E-state index in [1.807, 2.05) is 0 Å². The van der Waals surface area contributed by atoms with Gasteiger partial charge in [0.05, 0.1) is 0 Å². The molecule has 2 rings (SSSR count). The van der Waals surface area contributed by atoms with Crippen LogP contribution in [0.3, 0.4) is 0 Å². The van der Waals surface area contributed by atoms with Crippen molar-refractivity contribution in [2.75, 3.05) is 0 Å². The molecule has 8 nitrogen and oxygen atoms in total. The fourth-order valence-corrected chi connectivity index (χ4v) is 2.35. The van der Waals surface area contributed by atoms with Gasteiger partial charge in [0.15, 0.2) is 0 Å². The molecule has 0 aliphatic carbocycles. The molecule has 0 aliphatic heterocycles. The van der Waals surface area contributed by atoms with Gasteiger partial charge in [-0.2, -0.15) is 0 Å². The topological polar surface area (TPSA) is 133 Å². The molecule has 0 aliphatic rings. The van der Waals surface area contributed by atoms with Gasteiger partial charge in [-0.25, -0.2) is 16.8 Å². The molecule has 0 aromatic heterocycles. The molecule has 0 bridgehead atoms. The molecule has 0 radical (unpaired) electrons. The second-order valence-electron chi connectivity index (χ2n) is 3.59. The largest absolute Gasteiger partial charge is 1.00 e. The maximum Gasteiger partial charge on any atom is 1.00 e. The van der Waals surface area contributed by atoms with Crippen molar-refractivity contribution in [2.45, 2.75) is 0 Å². The van der Waals surface area contributed by atoms with Crippen molar-refractivity contribution in [3.05, 3.63) is 36.4 Å². The SMILES string of the molecule is O=S(=O)([O-])Oc1cccc2c(OS(=O)(=O)[O-])cccc12.[Na+].[Na+]. The van der Waals surface area contributed by atoms with Crippen molar-refractivity contribution in [1.82, 2.24) is 0 Å². The monoisotopic (exact) mass is 364 g/mol. The predicted octanol–water partition coefficient (Wildman–Crippen LogP) is -5.47. The van der Waals surface area contributed by atoms with E-state index in [0.29, 0.717) is 0 Å². The molecule has 12 heteroatoms. The smallest absolute Gasteiger partial charge is 0.716 e. The Morgan fingerprint density at radius 3 is 1.27 bits per heavy atom. The molecule has 0 fully saturated rings. The third-order valence-corrected chi connectivity index (χ3v) is 2.99. The fourth-order valence-electron chi connectivity index (χ4n) is 1.62. The van der Waals surface area contributed by atoms with Gasteiger partial charge in [0.2, 0.25) is 0 Å². The normalized spacial score (nSPS) is 11.2. The van der Waals surface area contributed by atoms with Crippen LogP contribution in [0.4, 0.5) is 0 Å². The summed E-state index contributed by atoms with van der Waals surface area (Å²) < 4.78 is 72.1. The minimum absolute atomic E-state index is 0. The number of fused-ring (bicyclic) bond motifs is 1. The number of benzene rings is 2. The van der Waals surface area contributed by atoms with Crippen molar-refractivity contribution in [3.8, 4) is 11.5 Å². The molecule has 0 saturated carbocycles. The van der Waals surface area contributed by atoms with Crippen LogP contribution in [0.2, 0.25) is 0 Å². The van der Waals surface area contributed by atoms with Gasteiger partial charge in [-0.3, -0.25) is 0 Å². The third-order valence-electron chi connectivity index (χ3n) is 2.23. The molecule has 2 aromatic rings. The van der Waals surface area contributed by atoms with E-state index < -0.39 is 20.8 Å². The van der Waals surface area contributed by atoms with Crippen molar-refractivity contribution in [1.29, 1.82) is 0 Å². The van der Waals surface area contributed by atoms with Gasteiger partial charge in [-0.15, -0.1) is 0 Å². The maximum absolute atomic E-state index is 10.6. The first-order chi connectivity index (χ1) is 9.16. The molecular formula is C10H6Na2O8S2. The zero-order valence-corrected chi connectivity index (χ0v) is 17.2.